The fourth-order valence-electron chi connectivity index (χ4n) is 3.84. The van der Waals surface area contributed by atoms with Crippen molar-refractivity contribution in [2.45, 2.75) is 33.7 Å². The van der Waals surface area contributed by atoms with Gasteiger partial charge in [0.15, 0.2) is 5.82 Å². The van der Waals surface area contributed by atoms with Gasteiger partial charge in [-0.25, -0.2) is 9.67 Å². The molecule has 0 bridgehead atoms. The van der Waals surface area contributed by atoms with E-state index in [-0.39, 0.29) is 0 Å². The molecule has 0 N–H and O–H groups in total. The number of hydrogen-bond donors (Lipinski definition) is 0. The van der Waals surface area contributed by atoms with E-state index in [0.29, 0.717) is 0 Å². The molecule has 1 aliphatic rings. The van der Waals surface area contributed by atoms with Crippen LogP contribution in [0, 0.1) is 20.8 Å². The molecule has 1 aromatic carbocycles. The molecule has 0 spiro atoms. The number of nitrogens with zero attached hydrogens (tertiary/aromatic N) is 6. The smallest absolute Gasteiger partial charge is 0.227 e. The fourth-order valence-corrected chi connectivity index (χ4v) is 4.04. The summed E-state index contributed by atoms with van der Waals surface area (Å²) in [5, 5.41) is 5.42. The summed E-state index contributed by atoms with van der Waals surface area (Å²) in [6, 6.07) is 12.1. The molecule has 4 rings (SSSR count). The zero-order valence-corrected chi connectivity index (χ0v) is 18.0. The SMILES string of the molecule is Cc1cc(-n2nc(C)cc2C)nc(N2CCCN(Cc3ccccc3Cl)CC2)n1. The molecule has 3 heterocycles. The molecule has 152 valence electrons. The van der Waals surface area contributed by atoms with E-state index in [9.17, 15) is 0 Å². The second-order valence-corrected chi connectivity index (χ2v) is 8.12. The molecule has 1 saturated heterocycles. The molecule has 0 aliphatic carbocycles. The van der Waals surface area contributed by atoms with Crippen LogP contribution in [-0.2, 0) is 6.54 Å². The molecule has 3 aromatic rings. The van der Waals surface area contributed by atoms with Gasteiger partial charge in [-0.1, -0.05) is 29.8 Å². The Morgan fingerprint density at radius 1 is 0.931 bits per heavy atom. The van der Waals surface area contributed by atoms with Gasteiger partial charge in [-0.15, -0.1) is 0 Å². The standard InChI is InChI=1S/C22H27ClN6/c1-16-14-21(29-18(3)13-17(2)26-29)25-22(24-16)28-10-6-9-27(11-12-28)15-19-7-4-5-8-20(19)23/h4-5,7-8,13-14H,6,9-12,15H2,1-3H3. The maximum Gasteiger partial charge on any atom is 0.227 e. The van der Waals surface area contributed by atoms with Crippen molar-refractivity contribution in [2.75, 3.05) is 31.1 Å². The minimum Gasteiger partial charge on any atom is -0.339 e. The van der Waals surface area contributed by atoms with Crippen LogP contribution in [0.4, 0.5) is 5.95 Å². The molecule has 0 unspecified atom stereocenters. The van der Waals surface area contributed by atoms with Gasteiger partial charge in [-0.3, -0.25) is 4.90 Å². The van der Waals surface area contributed by atoms with E-state index >= 15 is 0 Å². The number of aromatic nitrogens is 4. The Morgan fingerprint density at radius 3 is 2.52 bits per heavy atom. The van der Waals surface area contributed by atoms with Crippen LogP contribution in [0.3, 0.4) is 0 Å². The van der Waals surface area contributed by atoms with E-state index in [2.05, 4.69) is 34.0 Å². The Labute approximate surface area is 177 Å². The van der Waals surface area contributed by atoms with E-state index < -0.39 is 0 Å². The van der Waals surface area contributed by atoms with Gasteiger partial charge >= 0.3 is 0 Å². The average Bonchev–Trinajstić information content (AvgIpc) is 2.88. The zero-order chi connectivity index (χ0) is 20.4. The number of hydrogen-bond acceptors (Lipinski definition) is 5. The van der Waals surface area contributed by atoms with Crippen molar-refractivity contribution in [2.24, 2.45) is 0 Å². The molecule has 0 amide bonds. The van der Waals surface area contributed by atoms with Crippen molar-refractivity contribution in [1.82, 2.24) is 24.6 Å². The highest BCUT2D eigenvalue weighted by Crippen LogP contribution is 2.20. The van der Waals surface area contributed by atoms with Crippen molar-refractivity contribution in [3.05, 3.63) is 64.1 Å². The van der Waals surface area contributed by atoms with Gasteiger partial charge < -0.3 is 4.90 Å². The Balaban J connectivity index is 1.51. The molecule has 1 fully saturated rings. The lowest BCUT2D eigenvalue weighted by atomic mass is 10.2. The Bertz CT molecular complexity index is 999. The lowest BCUT2D eigenvalue weighted by Crippen LogP contribution is -2.32. The number of aryl methyl sites for hydroxylation is 3. The predicted molar refractivity (Wildman–Crippen MR) is 117 cm³/mol. The van der Waals surface area contributed by atoms with E-state index in [1.54, 1.807) is 0 Å². The van der Waals surface area contributed by atoms with Crippen LogP contribution in [0.25, 0.3) is 5.82 Å². The second kappa shape index (κ2) is 8.51. The molecular weight excluding hydrogens is 384 g/mol. The highest BCUT2D eigenvalue weighted by atomic mass is 35.5. The summed E-state index contributed by atoms with van der Waals surface area (Å²) in [5.74, 6) is 1.61. The van der Waals surface area contributed by atoms with Crippen LogP contribution in [0.1, 0.15) is 29.1 Å². The average molecular weight is 411 g/mol. The summed E-state index contributed by atoms with van der Waals surface area (Å²) in [6.07, 6.45) is 1.07. The third-order valence-corrected chi connectivity index (χ3v) is 5.65. The summed E-state index contributed by atoms with van der Waals surface area (Å²) in [7, 11) is 0. The van der Waals surface area contributed by atoms with Gasteiger partial charge in [-0.2, -0.15) is 10.1 Å². The molecule has 0 saturated carbocycles. The van der Waals surface area contributed by atoms with Crippen LogP contribution in [0.5, 0.6) is 0 Å². The number of anilines is 1. The van der Waals surface area contributed by atoms with E-state index in [0.717, 1.165) is 73.0 Å². The highest BCUT2D eigenvalue weighted by Gasteiger charge is 2.19. The van der Waals surface area contributed by atoms with Gasteiger partial charge in [0, 0.05) is 55.2 Å². The summed E-state index contributed by atoms with van der Waals surface area (Å²) < 4.78 is 1.90. The Kier molecular flexibility index (Phi) is 5.83. The van der Waals surface area contributed by atoms with Gasteiger partial charge in [0.25, 0.3) is 0 Å². The van der Waals surface area contributed by atoms with Crippen molar-refractivity contribution in [3.8, 4) is 5.82 Å². The van der Waals surface area contributed by atoms with Crippen LogP contribution < -0.4 is 4.90 Å². The maximum atomic E-state index is 6.35. The van der Waals surface area contributed by atoms with Gasteiger partial charge in [0.1, 0.15) is 0 Å². The quantitative estimate of drug-likeness (QED) is 0.651. The summed E-state index contributed by atoms with van der Waals surface area (Å²) in [6.45, 7) is 10.8. The topological polar surface area (TPSA) is 50.1 Å². The van der Waals surface area contributed by atoms with Crippen LogP contribution in [0.15, 0.2) is 36.4 Å². The summed E-state index contributed by atoms with van der Waals surface area (Å²) in [4.78, 5) is 14.3. The molecule has 0 radical (unpaired) electrons. The first-order valence-corrected chi connectivity index (χ1v) is 10.5. The molecular formula is C22H27ClN6. The van der Waals surface area contributed by atoms with Crippen molar-refractivity contribution < 1.29 is 0 Å². The molecule has 29 heavy (non-hydrogen) atoms. The minimum atomic E-state index is 0.784. The van der Waals surface area contributed by atoms with Crippen LogP contribution in [-0.4, -0.2) is 50.8 Å². The maximum absolute atomic E-state index is 6.35. The lowest BCUT2D eigenvalue weighted by molar-refractivity contribution is 0.285. The largest absolute Gasteiger partial charge is 0.339 e. The van der Waals surface area contributed by atoms with Crippen molar-refractivity contribution >= 4 is 17.5 Å². The lowest BCUT2D eigenvalue weighted by Gasteiger charge is -2.23. The van der Waals surface area contributed by atoms with Crippen molar-refractivity contribution in [3.63, 3.8) is 0 Å². The zero-order valence-electron chi connectivity index (χ0n) is 17.3. The molecule has 2 aromatic heterocycles. The summed E-state index contributed by atoms with van der Waals surface area (Å²) >= 11 is 6.35. The fraction of sp³-hybridized carbons (Fsp3) is 0.409. The minimum absolute atomic E-state index is 0.784. The first-order chi connectivity index (χ1) is 14.0. The highest BCUT2D eigenvalue weighted by molar-refractivity contribution is 6.31. The first kappa shape index (κ1) is 19.9. The molecule has 7 heteroatoms. The predicted octanol–water partition coefficient (Wildman–Crippen LogP) is 3.95. The van der Waals surface area contributed by atoms with E-state index in [4.69, 9.17) is 21.6 Å². The molecule has 6 nitrogen and oxygen atoms in total. The first-order valence-electron chi connectivity index (χ1n) is 10.1. The Hall–Kier alpha value is -2.44. The normalized spacial score (nSPS) is 15.5. The van der Waals surface area contributed by atoms with E-state index in [1.807, 2.05) is 42.8 Å². The van der Waals surface area contributed by atoms with Crippen molar-refractivity contribution in [1.29, 1.82) is 0 Å². The number of benzene rings is 1. The third-order valence-electron chi connectivity index (χ3n) is 5.28. The third kappa shape index (κ3) is 4.60. The molecule has 1 aliphatic heterocycles. The molecule has 0 atom stereocenters. The monoisotopic (exact) mass is 410 g/mol. The number of rotatable bonds is 4. The number of halogens is 1. The second-order valence-electron chi connectivity index (χ2n) is 7.71. The van der Waals surface area contributed by atoms with Gasteiger partial charge in [0.05, 0.1) is 5.69 Å². The Morgan fingerprint density at radius 2 is 1.76 bits per heavy atom. The van der Waals surface area contributed by atoms with Crippen LogP contribution in [0.2, 0.25) is 5.02 Å². The van der Waals surface area contributed by atoms with Gasteiger partial charge in [0.2, 0.25) is 5.95 Å². The van der Waals surface area contributed by atoms with E-state index in [1.165, 1.54) is 5.56 Å². The van der Waals surface area contributed by atoms with Gasteiger partial charge in [-0.05, 0) is 44.9 Å². The van der Waals surface area contributed by atoms with Crippen LogP contribution >= 0.6 is 11.6 Å². The summed E-state index contributed by atoms with van der Waals surface area (Å²) in [5.41, 5.74) is 4.20.